The van der Waals surface area contributed by atoms with E-state index < -0.39 is 11.5 Å². The number of rotatable bonds is 6. The van der Waals surface area contributed by atoms with Gasteiger partial charge in [0, 0.05) is 24.1 Å². The lowest BCUT2D eigenvalue weighted by Crippen LogP contribution is -2.42. The molecule has 1 heterocycles. The van der Waals surface area contributed by atoms with E-state index in [9.17, 15) is 14.7 Å². The zero-order valence-corrected chi connectivity index (χ0v) is 16.5. The number of aliphatic hydroxyl groups is 1. The molecule has 0 unspecified atom stereocenters. The lowest BCUT2D eigenvalue weighted by Gasteiger charge is -2.23. The molecule has 0 saturated heterocycles. The summed E-state index contributed by atoms with van der Waals surface area (Å²) in [5.41, 5.74) is 2.49. The topological polar surface area (TPSA) is 81.4 Å². The summed E-state index contributed by atoms with van der Waals surface area (Å²) in [6.45, 7) is 6.05. The monoisotopic (exact) mass is 376 g/mol. The molecule has 1 amide bonds. The number of aryl methyl sites for hydroxylation is 3. The van der Waals surface area contributed by atoms with E-state index in [0.29, 0.717) is 36.2 Å². The van der Waals surface area contributed by atoms with Gasteiger partial charge in [-0.1, -0.05) is 35.9 Å². The molecule has 5 nitrogen and oxygen atoms in total. The number of fused-ring (bicyclic) bond motifs is 1. The minimum Gasteiger partial charge on any atom is -0.375 e. The molecule has 0 spiro atoms. The number of carbonyl (C=O) groups excluding carboxylic acids is 2. The second kappa shape index (κ2) is 7.57. The summed E-state index contributed by atoms with van der Waals surface area (Å²) in [5.74, 6) is -0.748. The molecule has 144 valence electrons. The van der Waals surface area contributed by atoms with Gasteiger partial charge in [-0.2, -0.15) is 5.26 Å². The number of anilines is 1. The number of para-hydroxylation sites is 1. The summed E-state index contributed by atoms with van der Waals surface area (Å²) in [5, 5.41) is 20.1. The number of benzene rings is 2. The van der Waals surface area contributed by atoms with Crippen molar-refractivity contribution in [3.05, 3.63) is 64.2 Å². The molecular formula is C23H24N2O3. The molecule has 1 atom stereocenters. The standard InChI is InChI=1S/C23H24N2O3/c1-15-12-16(2)21(17(3)13-15)20(26)14-23(28)18-8-4-5-9-19(18)25(22(23)27)11-7-6-10-24/h4-5,8-9,12-13,28H,6-7,11,14H2,1-3H3/t23-/m1/s1. The number of nitriles is 1. The SMILES string of the molecule is Cc1cc(C)c(C(=O)C[C@]2(O)C(=O)N(CCCC#N)c3ccccc32)c(C)c1. The van der Waals surface area contributed by atoms with Crippen molar-refractivity contribution in [1.82, 2.24) is 0 Å². The first-order valence-electron chi connectivity index (χ1n) is 9.41. The Morgan fingerprint density at radius 1 is 1.18 bits per heavy atom. The van der Waals surface area contributed by atoms with Crippen LogP contribution in [0.25, 0.3) is 0 Å². The van der Waals surface area contributed by atoms with Gasteiger partial charge in [-0.15, -0.1) is 0 Å². The first-order valence-corrected chi connectivity index (χ1v) is 9.41. The number of unbranched alkanes of at least 4 members (excludes halogenated alkanes) is 1. The summed E-state index contributed by atoms with van der Waals surface area (Å²) in [7, 11) is 0. The van der Waals surface area contributed by atoms with Crippen molar-refractivity contribution in [1.29, 1.82) is 5.26 Å². The van der Waals surface area contributed by atoms with Crippen molar-refractivity contribution in [3.8, 4) is 6.07 Å². The number of ketones is 1. The number of hydrogen-bond donors (Lipinski definition) is 1. The molecule has 0 radical (unpaired) electrons. The van der Waals surface area contributed by atoms with Crippen LogP contribution in [0, 0.1) is 32.1 Å². The average molecular weight is 376 g/mol. The van der Waals surface area contributed by atoms with Crippen LogP contribution in [0.3, 0.4) is 0 Å². The summed E-state index contributed by atoms with van der Waals surface area (Å²) in [4.78, 5) is 27.7. The van der Waals surface area contributed by atoms with Crippen LogP contribution in [0.2, 0.25) is 0 Å². The maximum atomic E-state index is 13.1. The van der Waals surface area contributed by atoms with Gasteiger partial charge in [0.05, 0.1) is 18.2 Å². The summed E-state index contributed by atoms with van der Waals surface area (Å²) < 4.78 is 0. The van der Waals surface area contributed by atoms with Crippen LogP contribution in [0.4, 0.5) is 5.69 Å². The van der Waals surface area contributed by atoms with Crippen molar-refractivity contribution in [2.24, 2.45) is 0 Å². The molecule has 2 aromatic rings. The normalized spacial score (nSPS) is 18.1. The Morgan fingerprint density at radius 3 is 2.46 bits per heavy atom. The van der Waals surface area contributed by atoms with E-state index in [-0.39, 0.29) is 12.2 Å². The van der Waals surface area contributed by atoms with Gasteiger partial charge >= 0.3 is 0 Å². The maximum Gasteiger partial charge on any atom is 0.264 e. The lowest BCUT2D eigenvalue weighted by atomic mass is 9.85. The van der Waals surface area contributed by atoms with E-state index in [0.717, 1.165) is 16.7 Å². The van der Waals surface area contributed by atoms with Crippen LogP contribution in [-0.4, -0.2) is 23.3 Å². The van der Waals surface area contributed by atoms with E-state index in [1.165, 1.54) is 4.90 Å². The van der Waals surface area contributed by atoms with Crippen LogP contribution in [-0.2, 0) is 10.4 Å². The molecule has 0 saturated carbocycles. The van der Waals surface area contributed by atoms with E-state index in [4.69, 9.17) is 5.26 Å². The first kappa shape index (κ1) is 19.8. The molecule has 1 N–H and O–H groups in total. The van der Waals surface area contributed by atoms with Crippen LogP contribution < -0.4 is 4.90 Å². The van der Waals surface area contributed by atoms with Crippen LogP contribution in [0.15, 0.2) is 36.4 Å². The Bertz CT molecular complexity index is 967. The third-order valence-electron chi connectivity index (χ3n) is 5.28. The van der Waals surface area contributed by atoms with Gasteiger partial charge in [0.25, 0.3) is 5.91 Å². The largest absolute Gasteiger partial charge is 0.375 e. The fourth-order valence-electron chi connectivity index (χ4n) is 4.16. The highest BCUT2D eigenvalue weighted by atomic mass is 16.3. The van der Waals surface area contributed by atoms with Crippen LogP contribution in [0.1, 0.15) is 51.9 Å². The van der Waals surface area contributed by atoms with Crippen molar-refractivity contribution in [2.45, 2.75) is 45.6 Å². The Kier molecular flexibility index (Phi) is 5.35. The Balaban J connectivity index is 1.96. The molecule has 1 aliphatic rings. The number of Topliss-reactive ketones (excluding diaryl/α,β-unsaturated/α-hetero) is 1. The van der Waals surface area contributed by atoms with Crippen molar-refractivity contribution >= 4 is 17.4 Å². The first-order chi connectivity index (χ1) is 13.3. The maximum absolute atomic E-state index is 13.1. The molecule has 1 aliphatic heterocycles. The predicted molar refractivity (Wildman–Crippen MR) is 107 cm³/mol. The minimum absolute atomic E-state index is 0.250. The Labute approximate surface area is 165 Å². The van der Waals surface area contributed by atoms with E-state index in [2.05, 4.69) is 6.07 Å². The fourth-order valence-corrected chi connectivity index (χ4v) is 4.16. The zero-order chi connectivity index (χ0) is 20.5. The van der Waals surface area contributed by atoms with Crippen molar-refractivity contribution in [2.75, 3.05) is 11.4 Å². The third-order valence-corrected chi connectivity index (χ3v) is 5.28. The molecule has 0 bridgehead atoms. The van der Waals surface area contributed by atoms with E-state index >= 15 is 0 Å². The summed E-state index contributed by atoms with van der Waals surface area (Å²) in [6.07, 6.45) is 0.532. The highest BCUT2D eigenvalue weighted by molar-refractivity contribution is 6.11. The smallest absolute Gasteiger partial charge is 0.264 e. The van der Waals surface area contributed by atoms with Crippen LogP contribution >= 0.6 is 0 Å². The molecule has 0 fully saturated rings. The van der Waals surface area contributed by atoms with Gasteiger partial charge in [0.1, 0.15) is 0 Å². The molecular weight excluding hydrogens is 352 g/mol. The van der Waals surface area contributed by atoms with Gasteiger partial charge in [0.2, 0.25) is 0 Å². The van der Waals surface area contributed by atoms with E-state index in [1.54, 1.807) is 24.3 Å². The Morgan fingerprint density at radius 2 is 1.82 bits per heavy atom. The number of nitrogens with zero attached hydrogens (tertiary/aromatic N) is 2. The quantitative estimate of drug-likeness (QED) is 0.615. The van der Waals surface area contributed by atoms with E-state index in [1.807, 2.05) is 32.9 Å². The zero-order valence-electron chi connectivity index (χ0n) is 16.5. The van der Waals surface area contributed by atoms with Gasteiger partial charge in [-0.3, -0.25) is 9.59 Å². The number of hydrogen-bond acceptors (Lipinski definition) is 4. The van der Waals surface area contributed by atoms with Gasteiger partial charge < -0.3 is 10.0 Å². The molecule has 3 rings (SSSR count). The Hall–Kier alpha value is -2.97. The fraction of sp³-hybridized carbons (Fsp3) is 0.348. The molecule has 5 heteroatoms. The van der Waals surface area contributed by atoms with Gasteiger partial charge in [-0.25, -0.2) is 0 Å². The highest BCUT2D eigenvalue weighted by Gasteiger charge is 2.50. The summed E-state index contributed by atoms with van der Waals surface area (Å²) >= 11 is 0. The third kappa shape index (κ3) is 3.32. The average Bonchev–Trinajstić information content (AvgIpc) is 2.83. The second-order valence-electron chi connectivity index (χ2n) is 7.47. The highest BCUT2D eigenvalue weighted by Crippen LogP contribution is 2.43. The van der Waals surface area contributed by atoms with Gasteiger partial charge in [0.15, 0.2) is 11.4 Å². The van der Waals surface area contributed by atoms with Gasteiger partial charge in [-0.05, 0) is 44.4 Å². The summed E-state index contributed by atoms with van der Waals surface area (Å²) in [6, 6.07) is 12.9. The van der Waals surface area contributed by atoms with Crippen LogP contribution in [0.5, 0.6) is 0 Å². The molecule has 0 aromatic heterocycles. The predicted octanol–water partition coefficient (Wildman–Crippen LogP) is 3.72. The lowest BCUT2D eigenvalue weighted by molar-refractivity contribution is -0.135. The minimum atomic E-state index is -1.88. The van der Waals surface area contributed by atoms with Crippen molar-refractivity contribution in [3.63, 3.8) is 0 Å². The number of amides is 1. The molecule has 0 aliphatic carbocycles. The second-order valence-corrected chi connectivity index (χ2v) is 7.47. The molecule has 2 aromatic carbocycles. The molecule has 28 heavy (non-hydrogen) atoms. The number of carbonyl (C=O) groups is 2. The van der Waals surface area contributed by atoms with Crippen molar-refractivity contribution < 1.29 is 14.7 Å².